The number of nitrogens with two attached hydrogens (primary N) is 1. The number of halogens is 3. The molecule has 6 heteroatoms. The first-order valence-electron chi connectivity index (χ1n) is 4.90. The van der Waals surface area contributed by atoms with Gasteiger partial charge in [0, 0.05) is 5.56 Å². The van der Waals surface area contributed by atoms with E-state index in [-0.39, 0.29) is 11.6 Å². The number of nitrogens with one attached hydrogen (secondary N) is 1. The number of benzene rings is 1. The highest BCUT2D eigenvalue weighted by molar-refractivity contribution is 5.96. The monoisotopic (exact) mass is 246 g/mol. The van der Waals surface area contributed by atoms with E-state index in [0.717, 1.165) is 6.92 Å². The zero-order chi connectivity index (χ0) is 13.2. The second kappa shape index (κ2) is 4.65. The summed E-state index contributed by atoms with van der Waals surface area (Å²) < 4.78 is 41.5. The topological polar surface area (TPSA) is 59.1 Å². The van der Waals surface area contributed by atoms with E-state index in [1.807, 2.05) is 0 Å². The molecule has 3 N–H and O–H groups in total. The van der Waals surface area contributed by atoms with Crippen LogP contribution in [-0.2, 0) is 0 Å². The van der Waals surface area contributed by atoms with Gasteiger partial charge in [-0.25, -0.2) is 0 Å². The van der Waals surface area contributed by atoms with Gasteiger partial charge in [-0.15, -0.1) is 0 Å². The third-order valence-electron chi connectivity index (χ3n) is 2.26. The molecule has 1 aromatic rings. The van der Waals surface area contributed by atoms with Gasteiger partial charge in [0.05, 0.1) is 0 Å². The predicted octanol–water partition coefficient (Wildman–Crippen LogP) is 2.61. The third kappa shape index (κ3) is 3.37. The first-order chi connectivity index (χ1) is 7.71. The molecular formula is C11H13F3N2O. The lowest BCUT2D eigenvalue weighted by Crippen LogP contribution is -2.31. The van der Waals surface area contributed by atoms with Crippen molar-refractivity contribution in [3.8, 4) is 5.75 Å². The van der Waals surface area contributed by atoms with E-state index in [9.17, 15) is 13.2 Å². The number of ether oxygens (including phenoxy) is 1. The molecular weight excluding hydrogens is 233 g/mol. The average Bonchev–Trinajstić information content (AvgIpc) is 2.15. The summed E-state index contributed by atoms with van der Waals surface area (Å²) in [5.74, 6) is -0.0183. The summed E-state index contributed by atoms with van der Waals surface area (Å²) in [6, 6.07) is 4.26. The molecule has 0 radical (unpaired) electrons. The van der Waals surface area contributed by atoms with Crippen LogP contribution in [0.5, 0.6) is 5.75 Å². The number of nitrogen functional groups attached to an aromatic ring is 1. The van der Waals surface area contributed by atoms with Crippen LogP contribution in [0.2, 0.25) is 0 Å². The lowest BCUT2D eigenvalue weighted by atomic mass is 10.1. The number of hydrogen-bond acceptors (Lipinski definition) is 2. The second-order valence-electron chi connectivity index (χ2n) is 3.69. The molecule has 0 bridgehead atoms. The first kappa shape index (κ1) is 13.3. The van der Waals surface area contributed by atoms with Crippen LogP contribution < -0.4 is 10.5 Å². The van der Waals surface area contributed by atoms with Crippen LogP contribution in [0.15, 0.2) is 18.2 Å². The van der Waals surface area contributed by atoms with E-state index in [0.29, 0.717) is 11.1 Å². The minimum Gasteiger partial charge on any atom is -0.481 e. The molecule has 0 aliphatic carbocycles. The Kier molecular flexibility index (Phi) is 3.65. The van der Waals surface area contributed by atoms with Gasteiger partial charge >= 0.3 is 6.18 Å². The summed E-state index contributed by atoms with van der Waals surface area (Å²) in [5.41, 5.74) is 6.38. The minimum atomic E-state index is -4.40. The van der Waals surface area contributed by atoms with Crippen molar-refractivity contribution in [3.05, 3.63) is 29.3 Å². The molecule has 0 saturated heterocycles. The molecule has 1 rings (SSSR count). The van der Waals surface area contributed by atoms with Crippen molar-refractivity contribution in [2.75, 3.05) is 0 Å². The predicted molar refractivity (Wildman–Crippen MR) is 58.3 cm³/mol. The molecule has 0 aliphatic rings. The summed E-state index contributed by atoms with van der Waals surface area (Å²) in [5, 5.41) is 7.24. The SMILES string of the molecule is Cc1cc(OC(C)C(F)(F)F)ccc1C(=N)N. The van der Waals surface area contributed by atoms with Crippen molar-refractivity contribution in [2.24, 2.45) is 5.73 Å². The van der Waals surface area contributed by atoms with Gasteiger partial charge in [-0.05, 0) is 37.6 Å². The number of rotatable bonds is 3. The van der Waals surface area contributed by atoms with Gasteiger partial charge in [-0.2, -0.15) is 13.2 Å². The number of alkyl halides is 3. The van der Waals surface area contributed by atoms with Crippen LogP contribution in [0.25, 0.3) is 0 Å². The molecule has 1 unspecified atom stereocenters. The fraction of sp³-hybridized carbons (Fsp3) is 0.364. The molecule has 0 spiro atoms. The Hall–Kier alpha value is -1.72. The highest BCUT2D eigenvalue weighted by Crippen LogP contribution is 2.26. The van der Waals surface area contributed by atoms with Gasteiger partial charge in [0.15, 0.2) is 6.10 Å². The number of aryl methyl sites for hydroxylation is 1. The number of hydrogen-bond donors (Lipinski definition) is 2. The highest BCUT2D eigenvalue weighted by atomic mass is 19.4. The quantitative estimate of drug-likeness (QED) is 0.636. The highest BCUT2D eigenvalue weighted by Gasteiger charge is 2.38. The van der Waals surface area contributed by atoms with Crippen molar-refractivity contribution in [3.63, 3.8) is 0 Å². The molecule has 0 fully saturated rings. The average molecular weight is 246 g/mol. The van der Waals surface area contributed by atoms with Gasteiger partial charge in [0.2, 0.25) is 0 Å². The van der Waals surface area contributed by atoms with Crippen LogP contribution in [0.4, 0.5) is 13.2 Å². The molecule has 3 nitrogen and oxygen atoms in total. The minimum absolute atomic E-state index is 0.109. The van der Waals surface area contributed by atoms with Crippen molar-refractivity contribution < 1.29 is 17.9 Å². The van der Waals surface area contributed by atoms with Gasteiger partial charge < -0.3 is 10.5 Å². The summed E-state index contributed by atoms with van der Waals surface area (Å²) in [7, 11) is 0. The Morgan fingerprint density at radius 2 is 2.00 bits per heavy atom. The van der Waals surface area contributed by atoms with Crippen LogP contribution in [0.3, 0.4) is 0 Å². The molecule has 1 aromatic carbocycles. The molecule has 94 valence electrons. The Morgan fingerprint density at radius 1 is 1.41 bits per heavy atom. The van der Waals surface area contributed by atoms with Crippen molar-refractivity contribution in [1.82, 2.24) is 0 Å². The second-order valence-corrected chi connectivity index (χ2v) is 3.69. The summed E-state index contributed by atoms with van der Waals surface area (Å²) in [4.78, 5) is 0. The Morgan fingerprint density at radius 3 is 2.41 bits per heavy atom. The van der Waals surface area contributed by atoms with Crippen LogP contribution in [0.1, 0.15) is 18.1 Å². The fourth-order valence-corrected chi connectivity index (χ4v) is 1.28. The first-order valence-corrected chi connectivity index (χ1v) is 4.90. The van der Waals surface area contributed by atoms with E-state index in [1.54, 1.807) is 6.92 Å². The van der Waals surface area contributed by atoms with E-state index >= 15 is 0 Å². The molecule has 17 heavy (non-hydrogen) atoms. The summed E-state index contributed by atoms with van der Waals surface area (Å²) in [6.45, 7) is 2.59. The van der Waals surface area contributed by atoms with Gasteiger partial charge in [-0.1, -0.05) is 0 Å². The molecule has 0 saturated carbocycles. The lowest BCUT2D eigenvalue weighted by Gasteiger charge is -2.18. The third-order valence-corrected chi connectivity index (χ3v) is 2.26. The normalized spacial score (nSPS) is 13.2. The Labute approximate surface area is 96.9 Å². The van der Waals surface area contributed by atoms with E-state index in [1.165, 1.54) is 18.2 Å². The van der Waals surface area contributed by atoms with E-state index < -0.39 is 12.3 Å². The fourth-order valence-electron chi connectivity index (χ4n) is 1.28. The Balaban J connectivity index is 2.88. The van der Waals surface area contributed by atoms with E-state index in [2.05, 4.69) is 0 Å². The van der Waals surface area contributed by atoms with Crippen molar-refractivity contribution >= 4 is 5.84 Å². The van der Waals surface area contributed by atoms with Gasteiger partial charge in [0.25, 0.3) is 0 Å². The van der Waals surface area contributed by atoms with Crippen molar-refractivity contribution in [2.45, 2.75) is 26.1 Å². The number of amidine groups is 1. The molecule has 1 atom stereocenters. The zero-order valence-electron chi connectivity index (χ0n) is 9.43. The molecule has 0 amide bonds. The maximum Gasteiger partial charge on any atom is 0.425 e. The zero-order valence-corrected chi connectivity index (χ0v) is 9.43. The molecule has 0 heterocycles. The standard InChI is InChI=1S/C11H13F3N2O/c1-6-5-8(3-4-9(6)10(15)16)17-7(2)11(12,13)14/h3-5,7H,1-2H3,(H3,15,16). The van der Waals surface area contributed by atoms with Crippen LogP contribution in [-0.4, -0.2) is 18.1 Å². The van der Waals surface area contributed by atoms with Gasteiger partial charge in [-0.3, -0.25) is 5.41 Å². The molecule has 0 aliphatic heterocycles. The maximum absolute atomic E-state index is 12.3. The maximum atomic E-state index is 12.3. The Bertz CT molecular complexity index is 429. The smallest absolute Gasteiger partial charge is 0.425 e. The summed E-state index contributed by atoms with van der Waals surface area (Å²) >= 11 is 0. The summed E-state index contributed by atoms with van der Waals surface area (Å²) in [6.07, 6.45) is -6.27. The van der Waals surface area contributed by atoms with Crippen molar-refractivity contribution in [1.29, 1.82) is 5.41 Å². The van der Waals surface area contributed by atoms with Crippen LogP contribution in [0, 0.1) is 12.3 Å². The lowest BCUT2D eigenvalue weighted by molar-refractivity contribution is -0.189. The van der Waals surface area contributed by atoms with E-state index in [4.69, 9.17) is 15.9 Å². The molecule has 0 aromatic heterocycles. The van der Waals surface area contributed by atoms with Gasteiger partial charge in [0.1, 0.15) is 11.6 Å². The largest absolute Gasteiger partial charge is 0.481 e. The van der Waals surface area contributed by atoms with Crippen LogP contribution >= 0.6 is 0 Å².